The van der Waals surface area contributed by atoms with Crippen molar-refractivity contribution in [2.75, 3.05) is 5.32 Å². The Morgan fingerprint density at radius 2 is 1.86 bits per heavy atom. The van der Waals surface area contributed by atoms with E-state index in [0.717, 1.165) is 27.9 Å². The van der Waals surface area contributed by atoms with Gasteiger partial charge in [0.2, 0.25) is 0 Å². The van der Waals surface area contributed by atoms with E-state index in [4.69, 9.17) is 11.6 Å². The molecule has 0 bridgehead atoms. The van der Waals surface area contributed by atoms with Gasteiger partial charge in [-0.3, -0.25) is 9.55 Å². The molecule has 0 spiro atoms. The van der Waals surface area contributed by atoms with Crippen molar-refractivity contribution in [3.05, 3.63) is 71.3 Å². The molecule has 0 aliphatic carbocycles. The molecule has 0 fully saturated rings. The SMILES string of the molecule is Cc1nc2c(Nc3nc(-c4ccncc4)cs3)ncnc2n1-c1ccccc1Cl. The monoisotopic (exact) mass is 419 g/mol. The smallest absolute Gasteiger partial charge is 0.188 e. The van der Waals surface area contributed by atoms with E-state index in [1.54, 1.807) is 12.4 Å². The predicted octanol–water partition coefficient (Wildman–Crippen LogP) is 5.04. The molecule has 1 N–H and O–H groups in total. The zero-order valence-corrected chi connectivity index (χ0v) is 16.8. The van der Waals surface area contributed by atoms with Crippen molar-refractivity contribution in [2.45, 2.75) is 6.92 Å². The first kappa shape index (κ1) is 17.7. The Bertz CT molecular complexity index is 1310. The van der Waals surface area contributed by atoms with Crippen molar-refractivity contribution in [3.63, 3.8) is 0 Å². The molecule has 5 rings (SSSR count). The molecule has 0 aliphatic rings. The van der Waals surface area contributed by atoms with Crippen LogP contribution in [0.1, 0.15) is 5.82 Å². The number of aryl methyl sites for hydroxylation is 1. The number of nitrogens with one attached hydrogen (secondary N) is 1. The number of para-hydroxylation sites is 1. The van der Waals surface area contributed by atoms with Crippen LogP contribution >= 0.6 is 22.9 Å². The van der Waals surface area contributed by atoms with Gasteiger partial charge >= 0.3 is 0 Å². The molecule has 0 aliphatic heterocycles. The highest BCUT2D eigenvalue weighted by atomic mass is 35.5. The Labute approximate surface area is 175 Å². The van der Waals surface area contributed by atoms with Gasteiger partial charge in [0.1, 0.15) is 12.2 Å². The molecular formula is C20H14ClN7S. The van der Waals surface area contributed by atoms with Crippen LogP contribution in [0.2, 0.25) is 5.02 Å². The van der Waals surface area contributed by atoms with Crippen molar-refractivity contribution in [1.29, 1.82) is 0 Å². The first-order chi connectivity index (χ1) is 14.2. The maximum absolute atomic E-state index is 6.40. The van der Waals surface area contributed by atoms with Crippen LogP contribution < -0.4 is 5.32 Å². The van der Waals surface area contributed by atoms with Gasteiger partial charge in [-0.2, -0.15) is 0 Å². The number of anilines is 2. The standard InChI is InChI=1S/C20H14ClN7S/c1-12-25-17-18(27-20-26-15(10-29-20)13-6-8-22-9-7-13)23-11-24-19(17)28(12)16-5-3-2-4-14(16)21/h2-11H,1H3,(H,23,24,26,27). The number of nitrogens with zero attached hydrogens (tertiary/aromatic N) is 6. The van der Waals surface area contributed by atoms with Gasteiger partial charge in [-0.25, -0.2) is 19.9 Å². The van der Waals surface area contributed by atoms with Gasteiger partial charge in [0.05, 0.1) is 16.4 Å². The quantitative estimate of drug-likeness (QED) is 0.439. The zero-order valence-electron chi connectivity index (χ0n) is 15.2. The molecule has 142 valence electrons. The lowest BCUT2D eigenvalue weighted by atomic mass is 10.2. The first-order valence-corrected chi connectivity index (χ1v) is 10.0. The van der Waals surface area contributed by atoms with Crippen LogP contribution in [0.4, 0.5) is 10.9 Å². The van der Waals surface area contributed by atoms with Crippen LogP contribution in [-0.2, 0) is 0 Å². The Kier molecular flexibility index (Phi) is 4.42. The molecule has 7 nitrogen and oxygen atoms in total. The molecule has 4 aromatic heterocycles. The Balaban J connectivity index is 1.55. The van der Waals surface area contributed by atoms with Crippen LogP contribution in [-0.4, -0.2) is 29.5 Å². The van der Waals surface area contributed by atoms with E-state index in [2.05, 4.69) is 30.2 Å². The highest BCUT2D eigenvalue weighted by molar-refractivity contribution is 7.14. The van der Waals surface area contributed by atoms with Gasteiger partial charge in [0.25, 0.3) is 0 Å². The van der Waals surface area contributed by atoms with E-state index in [-0.39, 0.29) is 0 Å². The number of imidazole rings is 1. The summed E-state index contributed by atoms with van der Waals surface area (Å²) in [6.45, 7) is 1.92. The van der Waals surface area contributed by atoms with Crippen molar-refractivity contribution in [3.8, 4) is 16.9 Å². The van der Waals surface area contributed by atoms with Crippen LogP contribution in [0.25, 0.3) is 28.1 Å². The molecule has 29 heavy (non-hydrogen) atoms. The summed E-state index contributed by atoms with van der Waals surface area (Å²) in [5.41, 5.74) is 4.05. The number of hydrogen-bond acceptors (Lipinski definition) is 7. The molecule has 4 heterocycles. The minimum absolute atomic E-state index is 0.597. The second-order valence-corrected chi connectivity index (χ2v) is 7.50. The molecule has 0 atom stereocenters. The molecule has 0 saturated carbocycles. The number of benzene rings is 1. The van der Waals surface area contributed by atoms with Gasteiger partial charge in [0, 0.05) is 23.3 Å². The summed E-state index contributed by atoms with van der Waals surface area (Å²) in [6, 6.07) is 11.5. The molecule has 5 aromatic rings. The molecule has 0 unspecified atom stereocenters. The van der Waals surface area contributed by atoms with Crippen molar-refractivity contribution in [1.82, 2.24) is 29.5 Å². The number of pyridine rings is 1. The molecule has 9 heteroatoms. The number of hydrogen-bond donors (Lipinski definition) is 1. The lowest BCUT2D eigenvalue weighted by Gasteiger charge is -2.08. The fourth-order valence-electron chi connectivity index (χ4n) is 3.10. The number of aromatic nitrogens is 6. The summed E-state index contributed by atoms with van der Waals surface area (Å²) in [5, 5.41) is 6.62. The lowest BCUT2D eigenvalue weighted by Crippen LogP contribution is -2.00. The van der Waals surface area contributed by atoms with Crippen molar-refractivity contribution >= 4 is 45.1 Å². The second kappa shape index (κ2) is 7.23. The van der Waals surface area contributed by atoms with E-state index in [9.17, 15) is 0 Å². The Morgan fingerprint density at radius 3 is 2.69 bits per heavy atom. The van der Waals surface area contributed by atoms with Crippen LogP contribution in [0.15, 0.2) is 60.5 Å². The highest BCUT2D eigenvalue weighted by Crippen LogP contribution is 2.31. The van der Waals surface area contributed by atoms with Crippen LogP contribution in [0.3, 0.4) is 0 Å². The van der Waals surface area contributed by atoms with Gasteiger partial charge in [-0.15, -0.1) is 11.3 Å². The van der Waals surface area contributed by atoms with Gasteiger partial charge in [-0.05, 0) is 31.2 Å². The van der Waals surface area contributed by atoms with E-state index in [1.807, 2.05) is 53.3 Å². The fourth-order valence-corrected chi connectivity index (χ4v) is 4.04. The Morgan fingerprint density at radius 1 is 1.03 bits per heavy atom. The topological polar surface area (TPSA) is 81.4 Å². The van der Waals surface area contributed by atoms with Crippen molar-refractivity contribution in [2.24, 2.45) is 0 Å². The van der Waals surface area contributed by atoms with Crippen molar-refractivity contribution < 1.29 is 0 Å². The van der Waals surface area contributed by atoms with Crippen LogP contribution in [0, 0.1) is 6.92 Å². The van der Waals surface area contributed by atoms with Gasteiger partial charge < -0.3 is 5.32 Å². The van der Waals surface area contributed by atoms with E-state index in [0.29, 0.717) is 22.0 Å². The summed E-state index contributed by atoms with van der Waals surface area (Å²) in [5.74, 6) is 1.37. The highest BCUT2D eigenvalue weighted by Gasteiger charge is 2.17. The summed E-state index contributed by atoms with van der Waals surface area (Å²) in [4.78, 5) is 22.2. The zero-order chi connectivity index (χ0) is 19.8. The molecule has 0 saturated heterocycles. The minimum Gasteiger partial charge on any atom is -0.314 e. The average molecular weight is 420 g/mol. The number of rotatable bonds is 4. The minimum atomic E-state index is 0.597. The van der Waals surface area contributed by atoms with E-state index >= 15 is 0 Å². The van der Waals surface area contributed by atoms with Crippen LogP contribution in [0.5, 0.6) is 0 Å². The largest absolute Gasteiger partial charge is 0.314 e. The summed E-state index contributed by atoms with van der Waals surface area (Å²) >= 11 is 7.90. The molecule has 0 radical (unpaired) electrons. The third-order valence-corrected chi connectivity index (χ3v) is 5.49. The number of thiazole rings is 1. The number of halogens is 1. The molecular weight excluding hydrogens is 406 g/mol. The third-order valence-electron chi connectivity index (χ3n) is 4.41. The normalized spacial score (nSPS) is 11.1. The summed E-state index contributed by atoms with van der Waals surface area (Å²) in [6.07, 6.45) is 5.01. The Hall–Kier alpha value is -3.36. The third kappa shape index (κ3) is 3.22. The second-order valence-electron chi connectivity index (χ2n) is 6.24. The lowest BCUT2D eigenvalue weighted by molar-refractivity contribution is 0.985. The van der Waals surface area contributed by atoms with Gasteiger partial charge in [0.15, 0.2) is 22.1 Å². The summed E-state index contributed by atoms with van der Waals surface area (Å²) < 4.78 is 1.93. The van der Waals surface area contributed by atoms with Gasteiger partial charge in [-0.1, -0.05) is 23.7 Å². The van der Waals surface area contributed by atoms with E-state index in [1.165, 1.54) is 17.7 Å². The predicted molar refractivity (Wildman–Crippen MR) is 115 cm³/mol. The maximum Gasteiger partial charge on any atom is 0.188 e. The molecule has 1 aromatic carbocycles. The summed E-state index contributed by atoms with van der Waals surface area (Å²) in [7, 11) is 0. The fraction of sp³-hybridized carbons (Fsp3) is 0.0500. The number of fused-ring (bicyclic) bond motifs is 1. The average Bonchev–Trinajstić information content (AvgIpc) is 3.34. The molecule has 0 amide bonds. The van der Waals surface area contributed by atoms with E-state index < -0.39 is 0 Å². The maximum atomic E-state index is 6.40. The first-order valence-electron chi connectivity index (χ1n) is 8.78.